The van der Waals surface area contributed by atoms with Crippen LogP contribution in [0.4, 0.5) is 5.95 Å². The zero-order chi connectivity index (χ0) is 20.5. The molecule has 3 aromatic carbocycles. The topological polar surface area (TPSA) is 98.1 Å². The molecule has 0 aliphatic rings. The summed E-state index contributed by atoms with van der Waals surface area (Å²) in [6, 6.07) is 23.5. The first-order chi connectivity index (χ1) is 14.7. The molecular formula is C24H18N4O2. The number of hydrogen-bond donors (Lipinski definition) is 2. The van der Waals surface area contributed by atoms with Crippen molar-refractivity contribution in [3.05, 3.63) is 84.6 Å². The second-order valence-electron chi connectivity index (χ2n) is 6.94. The lowest BCUT2D eigenvalue weighted by Gasteiger charge is -2.08. The quantitative estimate of drug-likeness (QED) is 0.459. The molecule has 6 heteroatoms. The van der Waals surface area contributed by atoms with E-state index in [1.165, 1.54) is 0 Å². The van der Waals surface area contributed by atoms with E-state index < -0.39 is 0 Å². The minimum absolute atomic E-state index is 0.000991. The molecule has 2 aromatic heterocycles. The number of rotatable bonds is 4. The molecule has 0 aliphatic carbocycles. The first kappa shape index (κ1) is 18.0. The van der Waals surface area contributed by atoms with Crippen molar-refractivity contribution in [1.82, 2.24) is 15.1 Å². The van der Waals surface area contributed by atoms with Crippen LogP contribution < -0.4 is 5.73 Å². The van der Waals surface area contributed by atoms with Gasteiger partial charge in [-0.2, -0.15) is 0 Å². The Hall–Kier alpha value is -4.03. The molecule has 0 saturated carbocycles. The molecule has 5 aromatic rings. The molecule has 0 unspecified atom stereocenters. The van der Waals surface area contributed by atoms with Crippen LogP contribution in [0.5, 0.6) is 0 Å². The lowest BCUT2D eigenvalue weighted by molar-refractivity contribution is 0.282. The maximum Gasteiger partial charge on any atom is 0.220 e. The molecule has 146 valence electrons. The molecule has 0 spiro atoms. The summed E-state index contributed by atoms with van der Waals surface area (Å²) < 4.78 is 5.66. The number of anilines is 1. The van der Waals surface area contributed by atoms with E-state index in [0.717, 1.165) is 44.4 Å². The van der Waals surface area contributed by atoms with Crippen LogP contribution >= 0.6 is 0 Å². The van der Waals surface area contributed by atoms with Gasteiger partial charge >= 0.3 is 0 Å². The summed E-state index contributed by atoms with van der Waals surface area (Å²) in [4.78, 5) is 8.24. The summed E-state index contributed by atoms with van der Waals surface area (Å²) in [5.41, 5.74) is 12.0. The summed E-state index contributed by atoms with van der Waals surface area (Å²) in [5.74, 6) is 0.924. The molecule has 0 atom stereocenters. The number of aliphatic hydroxyl groups is 1. The second-order valence-corrected chi connectivity index (χ2v) is 6.94. The minimum atomic E-state index is 0.000991. The molecule has 2 heterocycles. The predicted molar refractivity (Wildman–Crippen MR) is 116 cm³/mol. The molecule has 30 heavy (non-hydrogen) atoms. The van der Waals surface area contributed by atoms with Gasteiger partial charge in [-0.15, -0.1) is 0 Å². The largest absolute Gasteiger partial charge is 0.392 e. The van der Waals surface area contributed by atoms with Crippen molar-refractivity contribution in [3.8, 4) is 33.7 Å². The third-order valence-electron chi connectivity index (χ3n) is 5.09. The van der Waals surface area contributed by atoms with Crippen molar-refractivity contribution in [2.45, 2.75) is 6.61 Å². The van der Waals surface area contributed by atoms with Crippen molar-refractivity contribution in [2.24, 2.45) is 0 Å². The molecule has 0 radical (unpaired) electrons. The van der Waals surface area contributed by atoms with Gasteiger partial charge in [-0.05, 0) is 34.9 Å². The maximum absolute atomic E-state index is 9.60. The van der Waals surface area contributed by atoms with Crippen LogP contribution in [0.15, 0.2) is 83.5 Å². The fourth-order valence-electron chi connectivity index (χ4n) is 3.58. The fourth-order valence-corrected chi connectivity index (χ4v) is 3.58. The molecule has 0 saturated heterocycles. The van der Waals surface area contributed by atoms with Crippen molar-refractivity contribution >= 4 is 16.9 Å². The van der Waals surface area contributed by atoms with Crippen LogP contribution in [0, 0.1) is 0 Å². The van der Waals surface area contributed by atoms with Gasteiger partial charge in [-0.25, -0.2) is 9.97 Å². The van der Waals surface area contributed by atoms with Crippen LogP contribution in [0.3, 0.4) is 0 Å². The highest BCUT2D eigenvalue weighted by Crippen LogP contribution is 2.33. The average Bonchev–Trinajstić information content (AvgIpc) is 3.22. The summed E-state index contributed by atoms with van der Waals surface area (Å²) in [7, 11) is 0. The Labute approximate surface area is 172 Å². The Morgan fingerprint density at radius 2 is 1.63 bits per heavy atom. The highest BCUT2D eigenvalue weighted by molar-refractivity contribution is 5.94. The summed E-state index contributed by atoms with van der Waals surface area (Å²) >= 11 is 0. The second kappa shape index (κ2) is 7.42. The number of benzene rings is 3. The highest BCUT2D eigenvalue weighted by atomic mass is 16.5. The molecule has 0 amide bonds. The fraction of sp³-hybridized carbons (Fsp3) is 0.0417. The lowest BCUT2D eigenvalue weighted by Crippen LogP contribution is -1.95. The molecule has 0 bridgehead atoms. The van der Waals surface area contributed by atoms with Gasteiger partial charge in [0.05, 0.1) is 17.7 Å². The number of aliphatic hydroxyl groups excluding tert-OH is 1. The summed E-state index contributed by atoms with van der Waals surface area (Å²) in [6.45, 7) is 0.000991. The van der Waals surface area contributed by atoms with Crippen LogP contribution in [0.2, 0.25) is 0 Å². The van der Waals surface area contributed by atoms with Crippen LogP contribution in [-0.4, -0.2) is 20.2 Å². The van der Waals surface area contributed by atoms with Crippen molar-refractivity contribution < 1.29 is 9.63 Å². The number of fused-ring (bicyclic) bond motifs is 1. The third kappa shape index (κ3) is 3.19. The SMILES string of the molecule is Nc1nccc(-c2ccc3noc(-c4ccc(-c5ccccc5CO)cc4)c3c2)n1. The Morgan fingerprint density at radius 1 is 0.867 bits per heavy atom. The molecule has 6 nitrogen and oxygen atoms in total. The van der Waals surface area contributed by atoms with Gasteiger partial charge in [0.2, 0.25) is 5.95 Å². The molecule has 5 rings (SSSR count). The summed E-state index contributed by atoms with van der Waals surface area (Å²) in [6.07, 6.45) is 1.64. The van der Waals surface area contributed by atoms with E-state index in [4.69, 9.17) is 10.3 Å². The van der Waals surface area contributed by atoms with Gasteiger partial charge in [0.1, 0.15) is 5.52 Å². The zero-order valence-electron chi connectivity index (χ0n) is 16.0. The number of hydrogen-bond acceptors (Lipinski definition) is 6. The number of nitrogens with two attached hydrogens (primary N) is 1. The molecular weight excluding hydrogens is 376 g/mol. The van der Waals surface area contributed by atoms with Gasteiger partial charge in [0.25, 0.3) is 0 Å². The van der Waals surface area contributed by atoms with E-state index in [2.05, 4.69) is 15.1 Å². The monoisotopic (exact) mass is 394 g/mol. The van der Waals surface area contributed by atoms with Gasteiger partial charge in [-0.3, -0.25) is 0 Å². The zero-order valence-corrected chi connectivity index (χ0v) is 16.0. The first-order valence-corrected chi connectivity index (χ1v) is 9.51. The lowest BCUT2D eigenvalue weighted by atomic mass is 9.98. The Kier molecular flexibility index (Phi) is 4.46. The smallest absolute Gasteiger partial charge is 0.220 e. The number of aromatic nitrogens is 3. The average molecular weight is 394 g/mol. The van der Waals surface area contributed by atoms with Crippen LogP contribution in [-0.2, 0) is 6.61 Å². The van der Waals surface area contributed by atoms with E-state index in [1.54, 1.807) is 6.20 Å². The van der Waals surface area contributed by atoms with E-state index in [-0.39, 0.29) is 12.6 Å². The Morgan fingerprint density at radius 3 is 2.43 bits per heavy atom. The first-order valence-electron chi connectivity index (χ1n) is 9.51. The Bertz CT molecular complexity index is 1340. The van der Waals surface area contributed by atoms with Gasteiger partial charge in [-0.1, -0.05) is 59.8 Å². The van der Waals surface area contributed by atoms with E-state index in [9.17, 15) is 5.11 Å². The maximum atomic E-state index is 9.60. The third-order valence-corrected chi connectivity index (χ3v) is 5.09. The standard InChI is InChI=1S/C24H18N4O2/c25-24-26-12-11-21(27-24)17-9-10-22-20(13-17)23(30-28-22)16-7-5-15(6-8-16)19-4-2-1-3-18(19)14-29/h1-13,29H,14H2,(H2,25,26,27). The van der Waals surface area contributed by atoms with Crippen molar-refractivity contribution in [1.29, 1.82) is 0 Å². The van der Waals surface area contributed by atoms with Gasteiger partial charge < -0.3 is 15.4 Å². The van der Waals surface area contributed by atoms with Crippen LogP contribution in [0.1, 0.15) is 5.56 Å². The van der Waals surface area contributed by atoms with E-state index in [1.807, 2.05) is 72.8 Å². The summed E-state index contributed by atoms with van der Waals surface area (Å²) in [5, 5.41) is 14.7. The number of nitrogen functional groups attached to an aromatic ring is 1. The number of nitrogens with zero attached hydrogens (tertiary/aromatic N) is 3. The van der Waals surface area contributed by atoms with Crippen molar-refractivity contribution in [3.63, 3.8) is 0 Å². The van der Waals surface area contributed by atoms with Gasteiger partial charge in [0.15, 0.2) is 5.76 Å². The van der Waals surface area contributed by atoms with Crippen LogP contribution in [0.25, 0.3) is 44.6 Å². The molecule has 3 N–H and O–H groups in total. The highest BCUT2D eigenvalue weighted by Gasteiger charge is 2.13. The molecule has 0 fully saturated rings. The Balaban J connectivity index is 1.55. The predicted octanol–water partition coefficient (Wildman–Crippen LogP) is 4.69. The van der Waals surface area contributed by atoms with Gasteiger partial charge in [0, 0.05) is 17.3 Å². The van der Waals surface area contributed by atoms with E-state index in [0.29, 0.717) is 5.76 Å². The van der Waals surface area contributed by atoms with E-state index >= 15 is 0 Å². The normalized spacial score (nSPS) is 11.1. The minimum Gasteiger partial charge on any atom is -0.392 e. The molecule has 0 aliphatic heterocycles. The van der Waals surface area contributed by atoms with Crippen molar-refractivity contribution in [2.75, 3.05) is 5.73 Å².